The average molecular weight is 394 g/mol. The molecule has 26 heavy (non-hydrogen) atoms. The number of hydrogen-bond donors (Lipinski definition) is 1. The van der Waals surface area contributed by atoms with Gasteiger partial charge in [0, 0.05) is 33.1 Å². The molecule has 3 rings (SSSR count). The molecule has 1 aliphatic heterocycles. The highest BCUT2D eigenvalue weighted by atomic mass is 35.5. The molecule has 0 atom stereocenters. The lowest BCUT2D eigenvalue weighted by molar-refractivity contribution is -0.129. The quantitative estimate of drug-likeness (QED) is 0.866. The first-order valence-electron chi connectivity index (χ1n) is 8.03. The maximum Gasteiger partial charge on any atom is 0.275 e. The van der Waals surface area contributed by atoms with Crippen LogP contribution in [0, 0.1) is 0 Å². The first-order chi connectivity index (χ1) is 12.5. The maximum absolute atomic E-state index is 12.3. The fourth-order valence-electron chi connectivity index (χ4n) is 2.65. The second-order valence-electron chi connectivity index (χ2n) is 5.80. The van der Waals surface area contributed by atoms with Gasteiger partial charge in [-0.1, -0.05) is 29.3 Å². The third kappa shape index (κ3) is 4.05. The summed E-state index contributed by atoms with van der Waals surface area (Å²) in [7, 11) is 0. The Morgan fingerprint density at radius 2 is 1.69 bits per heavy atom. The van der Waals surface area contributed by atoms with E-state index < -0.39 is 5.91 Å². The van der Waals surface area contributed by atoms with Gasteiger partial charge in [-0.3, -0.25) is 9.59 Å². The van der Waals surface area contributed by atoms with E-state index in [4.69, 9.17) is 23.2 Å². The van der Waals surface area contributed by atoms with Gasteiger partial charge in [0.1, 0.15) is 11.5 Å². The Bertz CT molecular complexity index is 800. The molecule has 2 aromatic rings. The maximum atomic E-state index is 12.3. The number of piperazine rings is 1. The molecule has 0 unspecified atom stereocenters. The monoisotopic (exact) mass is 393 g/mol. The van der Waals surface area contributed by atoms with Crippen LogP contribution in [0.4, 0.5) is 11.5 Å². The lowest BCUT2D eigenvalue weighted by Gasteiger charge is -2.34. The number of nitrogens with zero attached hydrogens (tertiary/aromatic N) is 4. The molecule has 7 nitrogen and oxygen atoms in total. The van der Waals surface area contributed by atoms with Crippen LogP contribution < -0.4 is 10.2 Å². The van der Waals surface area contributed by atoms with E-state index in [1.165, 1.54) is 6.20 Å². The van der Waals surface area contributed by atoms with Gasteiger partial charge in [-0.05, 0) is 12.1 Å². The number of benzene rings is 1. The molecule has 1 aromatic heterocycles. The molecular formula is C17H17Cl2N5O2. The number of amides is 2. The number of carbonyl (C=O) groups is 2. The fourth-order valence-corrected chi connectivity index (χ4v) is 3.14. The summed E-state index contributed by atoms with van der Waals surface area (Å²) < 4.78 is 0. The lowest BCUT2D eigenvalue weighted by Crippen LogP contribution is -2.48. The highest BCUT2D eigenvalue weighted by Gasteiger charge is 2.20. The van der Waals surface area contributed by atoms with E-state index >= 15 is 0 Å². The van der Waals surface area contributed by atoms with Gasteiger partial charge in [0.2, 0.25) is 5.91 Å². The second-order valence-corrected chi connectivity index (χ2v) is 6.62. The summed E-state index contributed by atoms with van der Waals surface area (Å²) in [5, 5.41) is 3.34. The first kappa shape index (κ1) is 18.4. The largest absolute Gasteiger partial charge is 0.352 e. The van der Waals surface area contributed by atoms with Crippen LogP contribution in [0.15, 0.2) is 30.6 Å². The molecule has 1 N–H and O–H groups in total. The number of hydrogen-bond acceptors (Lipinski definition) is 5. The summed E-state index contributed by atoms with van der Waals surface area (Å²) in [6.07, 6.45) is 2.96. The minimum Gasteiger partial charge on any atom is -0.352 e. The number of rotatable bonds is 3. The summed E-state index contributed by atoms with van der Waals surface area (Å²) >= 11 is 12.1. The number of para-hydroxylation sites is 1. The zero-order chi connectivity index (χ0) is 18.7. The van der Waals surface area contributed by atoms with Crippen molar-refractivity contribution in [3.63, 3.8) is 0 Å². The van der Waals surface area contributed by atoms with Gasteiger partial charge in [0.25, 0.3) is 5.91 Å². The Kier molecular flexibility index (Phi) is 5.58. The summed E-state index contributed by atoms with van der Waals surface area (Å²) in [6, 6.07) is 4.97. The van der Waals surface area contributed by atoms with Crippen LogP contribution in [0.3, 0.4) is 0 Å². The van der Waals surface area contributed by atoms with Crippen molar-refractivity contribution in [2.75, 3.05) is 36.4 Å². The standard InChI is InChI=1S/C17H17Cl2N5O2/c1-11(25)23-5-7-24(8-6-23)15-10-20-14(9-21-15)17(26)22-16-12(18)3-2-4-13(16)19/h2-4,9-10H,5-8H2,1H3,(H,22,26). The topological polar surface area (TPSA) is 78.4 Å². The minimum absolute atomic E-state index is 0.0704. The van der Waals surface area contributed by atoms with E-state index in [0.717, 1.165) is 0 Å². The Balaban J connectivity index is 1.66. The van der Waals surface area contributed by atoms with E-state index in [9.17, 15) is 9.59 Å². The molecule has 136 valence electrons. The van der Waals surface area contributed by atoms with Crippen LogP contribution in [0.5, 0.6) is 0 Å². The summed E-state index contributed by atoms with van der Waals surface area (Å²) in [5.74, 6) is 0.293. The molecule has 2 amide bonds. The number of aromatic nitrogens is 2. The highest BCUT2D eigenvalue weighted by Crippen LogP contribution is 2.30. The summed E-state index contributed by atoms with van der Waals surface area (Å²) in [4.78, 5) is 36.0. The van der Waals surface area contributed by atoms with Gasteiger partial charge in [0.15, 0.2) is 0 Å². The van der Waals surface area contributed by atoms with E-state index in [-0.39, 0.29) is 11.6 Å². The Morgan fingerprint density at radius 1 is 1.04 bits per heavy atom. The number of anilines is 2. The lowest BCUT2D eigenvalue weighted by atomic mass is 10.3. The van der Waals surface area contributed by atoms with Crippen molar-refractivity contribution in [3.05, 3.63) is 46.3 Å². The number of nitrogens with one attached hydrogen (secondary N) is 1. The van der Waals surface area contributed by atoms with Gasteiger partial charge in [0.05, 0.1) is 28.1 Å². The SMILES string of the molecule is CC(=O)N1CCN(c2cnc(C(=O)Nc3c(Cl)cccc3Cl)cn2)CC1. The smallest absolute Gasteiger partial charge is 0.275 e. The Morgan fingerprint density at radius 3 is 2.23 bits per heavy atom. The molecule has 1 fully saturated rings. The normalized spacial score (nSPS) is 14.3. The van der Waals surface area contributed by atoms with Crippen LogP contribution in [0.25, 0.3) is 0 Å². The van der Waals surface area contributed by atoms with Gasteiger partial charge in [-0.15, -0.1) is 0 Å². The molecule has 0 bridgehead atoms. The third-order valence-electron chi connectivity index (χ3n) is 4.12. The predicted octanol–water partition coefficient (Wildman–Crippen LogP) is 2.70. The Hall–Kier alpha value is -2.38. The van der Waals surface area contributed by atoms with Gasteiger partial charge >= 0.3 is 0 Å². The second kappa shape index (κ2) is 7.88. The van der Waals surface area contributed by atoms with Crippen molar-refractivity contribution in [2.45, 2.75) is 6.92 Å². The molecule has 2 heterocycles. The van der Waals surface area contributed by atoms with Crippen LogP contribution >= 0.6 is 23.2 Å². The predicted molar refractivity (Wildman–Crippen MR) is 101 cm³/mol. The molecule has 0 spiro atoms. The van der Waals surface area contributed by atoms with E-state index in [1.807, 2.05) is 4.90 Å². The molecule has 0 saturated carbocycles. The van der Waals surface area contributed by atoms with E-state index in [1.54, 1.807) is 36.2 Å². The molecule has 9 heteroatoms. The van der Waals surface area contributed by atoms with Crippen LogP contribution in [-0.2, 0) is 4.79 Å². The fraction of sp³-hybridized carbons (Fsp3) is 0.294. The van der Waals surface area contributed by atoms with Crippen molar-refractivity contribution in [2.24, 2.45) is 0 Å². The molecule has 1 aliphatic rings. The van der Waals surface area contributed by atoms with Crippen molar-refractivity contribution in [1.29, 1.82) is 0 Å². The van der Waals surface area contributed by atoms with Gasteiger partial charge in [-0.25, -0.2) is 9.97 Å². The number of carbonyl (C=O) groups excluding carboxylic acids is 2. The molecule has 1 saturated heterocycles. The molecular weight excluding hydrogens is 377 g/mol. The van der Waals surface area contributed by atoms with Gasteiger partial charge < -0.3 is 15.1 Å². The average Bonchev–Trinajstić information content (AvgIpc) is 2.65. The van der Waals surface area contributed by atoms with Crippen LogP contribution in [0.1, 0.15) is 17.4 Å². The minimum atomic E-state index is -0.444. The molecule has 0 radical (unpaired) electrons. The van der Waals surface area contributed by atoms with Crippen molar-refractivity contribution < 1.29 is 9.59 Å². The Labute approximate surface area is 160 Å². The summed E-state index contributed by atoms with van der Waals surface area (Å²) in [5.41, 5.74) is 0.499. The van der Waals surface area contributed by atoms with E-state index in [0.29, 0.717) is 47.7 Å². The molecule has 0 aliphatic carbocycles. The number of halogens is 2. The molecule has 1 aromatic carbocycles. The van der Waals surface area contributed by atoms with E-state index in [2.05, 4.69) is 15.3 Å². The summed E-state index contributed by atoms with van der Waals surface area (Å²) in [6.45, 7) is 4.20. The third-order valence-corrected chi connectivity index (χ3v) is 4.75. The zero-order valence-electron chi connectivity index (χ0n) is 14.1. The highest BCUT2D eigenvalue weighted by molar-refractivity contribution is 6.39. The first-order valence-corrected chi connectivity index (χ1v) is 8.79. The van der Waals surface area contributed by atoms with Gasteiger partial charge in [-0.2, -0.15) is 0 Å². The van der Waals surface area contributed by atoms with Crippen LogP contribution in [-0.4, -0.2) is 52.9 Å². The van der Waals surface area contributed by atoms with Crippen LogP contribution in [0.2, 0.25) is 10.0 Å². The van der Waals surface area contributed by atoms with Crippen molar-refractivity contribution in [1.82, 2.24) is 14.9 Å². The van der Waals surface area contributed by atoms with Crippen molar-refractivity contribution >= 4 is 46.5 Å². The van der Waals surface area contributed by atoms with Crippen molar-refractivity contribution in [3.8, 4) is 0 Å². The zero-order valence-corrected chi connectivity index (χ0v) is 15.6.